The van der Waals surface area contributed by atoms with Crippen molar-refractivity contribution in [2.45, 2.75) is 32.4 Å². The first-order valence-electron chi connectivity index (χ1n) is 9.76. The Labute approximate surface area is 157 Å². The fourth-order valence-corrected chi connectivity index (χ4v) is 5.32. The summed E-state index contributed by atoms with van der Waals surface area (Å²) in [4.78, 5) is 26.9. The highest BCUT2D eigenvalue weighted by Crippen LogP contribution is 2.42. The molecule has 1 aromatic carbocycles. The van der Waals surface area contributed by atoms with Crippen LogP contribution in [0.15, 0.2) is 29.1 Å². The number of carbonyl (C=O) groups is 1. The lowest BCUT2D eigenvalue weighted by molar-refractivity contribution is -0.159. The molecule has 2 fully saturated rings. The third kappa shape index (κ3) is 2.54. The molecule has 2 atom stereocenters. The lowest BCUT2D eigenvalue weighted by Crippen LogP contribution is -2.46. The molecule has 0 aliphatic carbocycles. The molecule has 1 aromatic heterocycles. The van der Waals surface area contributed by atoms with Crippen LogP contribution in [0.4, 0.5) is 0 Å². The third-order valence-corrected chi connectivity index (χ3v) is 6.68. The van der Waals surface area contributed by atoms with E-state index >= 15 is 0 Å². The molecule has 6 nitrogen and oxygen atoms in total. The molecule has 0 radical (unpaired) electrons. The zero-order valence-electron chi connectivity index (χ0n) is 15.3. The minimum Gasteiger partial charge on any atom is -0.481 e. The lowest BCUT2D eigenvalue weighted by Gasteiger charge is -2.34. The van der Waals surface area contributed by atoms with Crippen molar-refractivity contribution in [3.63, 3.8) is 0 Å². The number of carboxylic acid groups (broad SMARTS) is 1. The number of benzene rings is 1. The molecule has 4 heterocycles. The summed E-state index contributed by atoms with van der Waals surface area (Å²) in [6.07, 6.45) is 2.79. The van der Waals surface area contributed by atoms with Crippen molar-refractivity contribution in [1.82, 2.24) is 9.47 Å². The Bertz CT molecular complexity index is 982. The molecular formula is C21H24N2O4. The van der Waals surface area contributed by atoms with Crippen LogP contribution in [0.1, 0.15) is 24.0 Å². The molecule has 1 N–H and O–H groups in total. The number of aromatic nitrogens is 1. The Morgan fingerprint density at radius 1 is 1.37 bits per heavy atom. The minimum atomic E-state index is -0.806. The summed E-state index contributed by atoms with van der Waals surface area (Å²) in [5, 5.41) is 11.0. The van der Waals surface area contributed by atoms with E-state index in [1.165, 1.54) is 5.56 Å². The van der Waals surface area contributed by atoms with E-state index in [-0.39, 0.29) is 18.1 Å². The van der Waals surface area contributed by atoms with Crippen LogP contribution in [0.25, 0.3) is 10.9 Å². The van der Waals surface area contributed by atoms with Crippen LogP contribution in [0.3, 0.4) is 0 Å². The average Bonchev–Trinajstić information content (AvgIpc) is 3.05. The number of aliphatic carboxylic acids is 1. The molecule has 3 aliphatic rings. The number of fused-ring (bicyclic) bond motifs is 1. The van der Waals surface area contributed by atoms with E-state index < -0.39 is 11.4 Å². The molecule has 0 unspecified atom stereocenters. The maximum Gasteiger partial charge on any atom is 0.313 e. The predicted molar refractivity (Wildman–Crippen MR) is 101 cm³/mol. The van der Waals surface area contributed by atoms with Crippen LogP contribution in [-0.2, 0) is 29.0 Å². The summed E-state index contributed by atoms with van der Waals surface area (Å²) in [7, 11) is 0. The van der Waals surface area contributed by atoms with Crippen LogP contribution < -0.4 is 5.56 Å². The predicted octanol–water partition coefficient (Wildman–Crippen LogP) is 1.87. The van der Waals surface area contributed by atoms with Gasteiger partial charge in [0.05, 0.1) is 12.1 Å². The highest BCUT2D eigenvalue weighted by atomic mass is 16.5. The summed E-state index contributed by atoms with van der Waals surface area (Å²) in [6.45, 7) is 3.54. The average molecular weight is 368 g/mol. The molecule has 0 saturated carbocycles. The molecule has 5 rings (SSSR count). The zero-order chi connectivity index (χ0) is 18.6. The van der Waals surface area contributed by atoms with Gasteiger partial charge in [-0.05, 0) is 36.3 Å². The van der Waals surface area contributed by atoms with Gasteiger partial charge in [-0.2, -0.15) is 0 Å². The summed E-state index contributed by atoms with van der Waals surface area (Å²) in [6, 6.07) is 8.03. The molecule has 27 heavy (non-hydrogen) atoms. The summed E-state index contributed by atoms with van der Waals surface area (Å²) in [5.41, 5.74) is 2.56. The molecule has 6 heteroatoms. The number of likely N-dealkylation sites (tertiary alicyclic amines) is 1. The molecule has 2 aromatic rings. The van der Waals surface area contributed by atoms with E-state index in [9.17, 15) is 14.7 Å². The standard InChI is InChI=1S/C21H24N2O4/c24-18-9-15(17-5-1-3-14-4-2-7-23(18)19(14)17)10-22-11-16-6-8-27-13-21(16,12-22)20(25)26/h1,3,5,9,16H,2,4,6-8,10-13H2,(H,25,26)/t16-,21+/m0/s1. The van der Waals surface area contributed by atoms with Gasteiger partial charge in [0, 0.05) is 44.2 Å². The van der Waals surface area contributed by atoms with Gasteiger partial charge in [-0.3, -0.25) is 14.5 Å². The van der Waals surface area contributed by atoms with Crippen LogP contribution in [0.5, 0.6) is 0 Å². The molecular weight excluding hydrogens is 344 g/mol. The first-order valence-corrected chi connectivity index (χ1v) is 9.76. The molecule has 0 bridgehead atoms. The second-order valence-corrected chi connectivity index (χ2v) is 8.25. The van der Waals surface area contributed by atoms with Gasteiger partial charge in [0.15, 0.2) is 0 Å². The van der Waals surface area contributed by atoms with Gasteiger partial charge in [0.25, 0.3) is 5.56 Å². The Morgan fingerprint density at radius 2 is 2.26 bits per heavy atom. The summed E-state index contributed by atoms with van der Waals surface area (Å²) < 4.78 is 7.43. The maximum atomic E-state index is 12.7. The normalized spacial score (nSPS) is 27.6. The van der Waals surface area contributed by atoms with E-state index in [1.807, 2.05) is 4.57 Å². The van der Waals surface area contributed by atoms with Crippen LogP contribution in [0, 0.1) is 11.3 Å². The SMILES string of the molecule is O=C(O)[C@]12COCC[C@H]1CN(Cc1cc(=O)n3c4c(cccc14)CCC3)C2. The van der Waals surface area contributed by atoms with Gasteiger partial charge in [-0.15, -0.1) is 0 Å². The van der Waals surface area contributed by atoms with Crippen molar-refractivity contribution in [1.29, 1.82) is 0 Å². The fourth-order valence-electron chi connectivity index (χ4n) is 5.32. The topological polar surface area (TPSA) is 71.8 Å². The van der Waals surface area contributed by atoms with E-state index in [0.29, 0.717) is 19.7 Å². The summed E-state index contributed by atoms with van der Waals surface area (Å²) >= 11 is 0. The van der Waals surface area contributed by atoms with Crippen molar-refractivity contribution in [2.75, 3.05) is 26.3 Å². The number of rotatable bonds is 3. The lowest BCUT2D eigenvalue weighted by atomic mass is 9.76. The number of hydrogen-bond acceptors (Lipinski definition) is 4. The smallest absolute Gasteiger partial charge is 0.313 e. The van der Waals surface area contributed by atoms with E-state index in [4.69, 9.17) is 4.74 Å². The van der Waals surface area contributed by atoms with Crippen molar-refractivity contribution in [3.05, 3.63) is 45.7 Å². The number of nitrogens with zero attached hydrogens (tertiary/aromatic N) is 2. The Morgan fingerprint density at radius 3 is 3.07 bits per heavy atom. The molecule has 2 saturated heterocycles. The van der Waals surface area contributed by atoms with Crippen LogP contribution in [-0.4, -0.2) is 46.8 Å². The molecule has 0 amide bonds. The molecule has 3 aliphatic heterocycles. The van der Waals surface area contributed by atoms with Crippen molar-refractivity contribution in [2.24, 2.45) is 11.3 Å². The summed E-state index contributed by atoms with van der Waals surface area (Å²) in [5.74, 6) is -0.642. The van der Waals surface area contributed by atoms with Gasteiger partial charge >= 0.3 is 5.97 Å². The monoisotopic (exact) mass is 368 g/mol. The number of hydrogen-bond donors (Lipinski definition) is 1. The van der Waals surface area contributed by atoms with Gasteiger partial charge < -0.3 is 14.4 Å². The van der Waals surface area contributed by atoms with Crippen LogP contribution >= 0.6 is 0 Å². The third-order valence-electron chi connectivity index (χ3n) is 6.68. The second kappa shape index (κ2) is 6.17. The number of carboxylic acids is 1. The number of aryl methyl sites for hydroxylation is 2. The van der Waals surface area contributed by atoms with Crippen molar-refractivity contribution in [3.8, 4) is 0 Å². The molecule has 142 valence electrons. The van der Waals surface area contributed by atoms with Gasteiger partial charge in [0.2, 0.25) is 0 Å². The van der Waals surface area contributed by atoms with E-state index in [2.05, 4.69) is 23.1 Å². The Kier molecular flexibility index (Phi) is 3.88. The Hall–Kier alpha value is -2.18. The van der Waals surface area contributed by atoms with Crippen molar-refractivity contribution >= 4 is 16.9 Å². The largest absolute Gasteiger partial charge is 0.481 e. The zero-order valence-corrected chi connectivity index (χ0v) is 15.3. The number of para-hydroxylation sites is 1. The van der Waals surface area contributed by atoms with Crippen LogP contribution in [0.2, 0.25) is 0 Å². The maximum absolute atomic E-state index is 12.7. The molecule has 0 spiro atoms. The van der Waals surface area contributed by atoms with Gasteiger partial charge in [-0.1, -0.05) is 18.2 Å². The fraction of sp³-hybridized carbons (Fsp3) is 0.524. The van der Waals surface area contributed by atoms with E-state index in [1.54, 1.807) is 6.07 Å². The first kappa shape index (κ1) is 17.0. The second-order valence-electron chi connectivity index (χ2n) is 8.25. The first-order chi connectivity index (χ1) is 13.1. The number of pyridine rings is 1. The van der Waals surface area contributed by atoms with Crippen molar-refractivity contribution < 1.29 is 14.6 Å². The van der Waals surface area contributed by atoms with Gasteiger partial charge in [0.1, 0.15) is 5.41 Å². The highest BCUT2D eigenvalue weighted by molar-refractivity contribution is 5.86. The minimum absolute atomic E-state index is 0.0533. The Balaban J connectivity index is 1.52. The number of ether oxygens (including phenoxy) is 1. The highest BCUT2D eigenvalue weighted by Gasteiger charge is 2.54. The quantitative estimate of drug-likeness (QED) is 0.896. The van der Waals surface area contributed by atoms with E-state index in [0.717, 1.165) is 48.8 Å². The van der Waals surface area contributed by atoms with Gasteiger partial charge in [-0.25, -0.2) is 0 Å².